The van der Waals surface area contributed by atoms with Crippen molar-refractivity contribution in [3.8, 4) is 22.1 Å². The molecule has 112 valence electrons. The predicted octanol–water partition coefficient (Wildman–Crippen LogP) is 2.52. The molecule has 1 aromatic heterocycles. The summed E-state index contributed by atoms with van der Waals surface area (Å²) in [5.41, 5.74) is 1.03. The standard InChI is InChI=1S/C15H19N3O2S/c1-10(2)16-6-5-14-17-18-15(21-14)11-3-4-12-13(9-11)20-8-7-19-12/h3-4,9-10,16H,5-8H2,1-2H3. The van der Waals surface area contributed by atoms with Gasteiger partial charge in [0.15, 0.2) is 11.5 Å². The number of fused-ring (bicyclic) bond motifs is 1. The minimum atomic E-state index is 0.496. The van der Waals surface area contributed by atoms with E-state index in [-0.39, 0.29) is 0 Å². The molecule has 0 amide bonds. The van der Waals surface area contributed by atoms with Crippen molar-refractivity contribution in [2.45, 2.75) is 26.3 Å². The first-order valence-electron chi connectivity index (χ1n) is 7.18. The summed E-state index contributed by atoms with van der Waals surface area (Å²) in [6.45, 7) is 6.41. The Hall–Kier alpha value is -1.66. The third kappa shape index (κ3) is 3.51. The van der Waals surface area contributed by atoms with Gasteiger partial charge in [-0.1, -0.05) is 25.2 Å². The van der Waals surface area contributed by atoms with E-state index in [0.29, 0.717) is 19.3 Å². The van der Waals surface area contributed by atoms with Gasteiger partial charge in [-0.2, -0.15) is 0 Å². The molecule has 1 aromatic carbocycles. The zero-order chi connectivity index (χ0) is 14.7. The van der Waals surface area contributed by atoms with Gasteiger partial charge in [-0.25, -0.2) is 0 Å². The lowest BCUT2D eigenvalue weighted by Gasteiger charge is -2.18. The first kappa shape index (κ1) is 14.3. The second kappa shape index (κ2) is 6.41. The predicted molar refractivity (Wildman–Crippen MR) is 83.2 cm³/mol. The first-order valence-corrected chi connectivity index (χ1v) is 8.00. The van der Waals surface area contributed by atoms with Gasteiger partial charge < -0.3 is 14.8 Å². The zero-order valence-electron chi connectivity index (χ0n) is 12.3. The molecule has 0 bridgehead atoms. The summed E-state index contributed by atoms with van der Waals surface area (Å²) < 4.78 is 11.1. The molecule has 0 saturated carbocycles. The number of nitrogens with zero attached hydrogens (tertiary/aromatic N) is 2. The second-order valence-corrected chi connectivity index (χ2v) is 6.28. The van der Waals surface area contributed by atoms with E-state index in [4.69, 9.17) is 9.47 Å². The van der Waals surface area contributed by atoms with Crippen LogP contribution in [0.15, 0.2) is 18.2 Å². The minimum absolute atomic E-state index is 0.496. The Balaban J connectivity index is 1.71. The van der Waals surface area contributed by atoms with E-state index >= 15 is 0 Å². The van der Waals surface area contributed by atoms with Crippen LogP contribution < -0.4 is 14.8 Å². The normalized spacial score (nSPS) is 13.7. The SMILES string of the molecule is CC(C)NCCc1nnc(-c2ccc3c(c2)OCCO3)s1. The van der Waals surface area contributed by atoms with E-state index in [1.807, 2.05) is 18.2 Å². The van der Waals surface area contributed by atoms with Gasteiger partial charge in [0.2, 0.25) is 0 Å². The van der Waals surface area contributed by atoms with E-state index in [9.17, 15) is 0 Å². The van der Waals surface area contributed by atoms with Crippen LogP contribution in [-0.2, 0) is 6.42 Å². The van der Waals surface area contributed by atoms with E-state index in [1.54, 1.807) is 11.3 Å². The summed E-state index contributed by atoms with van der Waals surface area (Å²) in [4.78, 5) is 0. The molecule has 2 heterocycles. The van der Waals surface area contributed by atoms with Crippen LogP contribution in [0.5, 0.6) is 11.5 Å². The molecule has 0 fully saturated rings. The maximum absolute atomic E-state index is 5.61. The van der Waals surface area contributed by atoms with E-state index in [2.05, 4.69) is 29.4 Å². The van der Waals surface area contributed by atoms with Crippen molar-refractivity contribution in [1.29, 1.82) is 0 Å². The smallest absolute Gasteiger partial charge is 0.162 e. The highest BCUT2D eigenvalue weighted by atomic mass is 32.1. The number of ether oxygens (including phenoxy) is 2. The monoisotopic (exact) mass is 305 g/mol. The molecule has 1 aliphatic rings. The summed E-state index contributed by atoms with van der Waals surface area (Å²) in [5, 5.41) is 13.9. The summed E-state index contributed by atoms with van der Waals surface area (Å²) in [7, 11) is 0. The van der Waals surface area contributed by atoms with E-state index < -0.39 is 0 Å². The molecule has 0 radical (unpaired) electrons. The van der Waals surface area contributed by atoms with Crippen molar-refractivity contribution in [1.82, 2.24) is 15.5 Å². The van der Waals surface area contributed by atoms with Gasteiger partial charge in [0.25, 0.3) is 0 Å². The van der Waals surface area contributed by atoms with Crippen molar-refractivity contribution in [2.24, 2.45) is 0 Å². The molecule has 0 spiro atoms. The second-order valence-electron chi connectivity index (χ2n) is 5.22. The molecule has 0 atom stereocenters. The summed E-state index contributed by atoms with van der Waals surface area (Å²) >= 11 is 1.63. The van der Waals surface area contributed by atoms with Crippen LogP contribution in [0.1, 0.15) is 18.9 Å². The Morgan fingerprint density at radius 2 is 2.00 bits per heavy atom. The highest BCUT2D eigenvalue weighted by Crippen LogP contribution is 2.35. The van der Waals surface area contributed by atoms with Gasteiger partial charge in [0.1, 0.15) is 23.2 Å². The number of benzene rings is 1. The lowest BCUT2D eigenvalue weighted by atomic mass is 10.2. The minimum Gasteiger partial charge on any atom is -0.486 e. The Kier molecular flexibility index (Phi) is 4.36. The molecule has 5 nitrogen and oxygen atoms in total. The lowest BCUT2D eigenvalue weighted by Crippen LogP contribution is -2.24. The van der Waals surface area contributed by atoms with E-state index in [1.165, 1.54) is 0 Å². The van der Waals surface area contributed by atoms with Gasteiger partial charge in [-0.05, 0) is 18.2 Å². The van der Waals surface area contributed by atoms with Gasteiger partial charge >= 0.3 is 0 Å². The first-order chi connectivity index (χ1) is 10.2. The van der Waals surface area contributed by atoms with Crippen LogP contribution in [0.3, 0.4) is 0 Å². The zero-order valence-corrected chi connectivity index (χ0v) is 13.1. The molecule has 1 N–H and O–H groups in total. The number of rotatable bonds is 5. The quantitative estimate of drug-likeness (QED) is 0.920. The molecule has 0 aliphatic carbocycles. The van der Waals surface area contributed by atoms with Crippen LogP contribution in [0.4, 0.5) is 0 Å². The van der Waals surface area contributed by atoms with Crippen molar-refractivity contribution in [3.05, 3.63) is 23.2 Å². The molecular weight excluding hydrogens is 286 g/mol. The third-order valence-electron chi connectivity index (χ3n) is 3.15. The molecule has 1 aliphatic heterocycles. The largest absolute Gasteiger partial charge is 0.486 e. The van der Waals surface area contributed by atoms with Crippen LogP contribution in [0.2, 0.25) is 0 Å². The van der Waals surface area contributed by atoms with Crippen LogP contribution >= 0.6 is 11.3 Å². The van der Waals surface area contributed by atoms with E-state index in [0.717, 1.165) is 40.0 Å². The third-order valence-corrected chi connectivity index (χ3v) is 4.18. The highest BCUT2D eigenvalue weighted by Gasteiger charge is 2.14. The van der Waals surface area contributed by atoms with Crippen molar-refractivity contribution in [3.63, 3.8) is 0 Å². The molecular formula is C15H19N3O2S. The van der Waals surface area contributed by atoms with Crippen molar-refractivity contribution < 1.29 is 9.47 Å². The van der Waals surface area contributed by atoms with Gasteiger partial charge in [0.05, 0.1) is 0 Å². The number of hydrogen-bond acceptors (Lipinski definition) is 6. The number of aromatic nitrogens is 2. The molecule has 2 aromatic rings. The maximum atomic E-state index is 5.61. The van der Waals surface area contributed by atoms with Gasteiger partial charge in [-0.15, -0.1) is 10.2 Å². The number of hydrogen-bond donors (Lipinski definition) is 1. The maximum Gasteiger partial charge on any atom is 0.162 e. The fourth-order valence-corrected chi connectivity index (χ4v) is 2.95. The fourth-order valence-electron chi connectivity index (χ4n) is 2.12. The molecule has 21 heavy (non-hydrogen) atoms. The summed E-state index contributed by atoms with van der Waals surface area (Å²) in [6, 6.07) is 6.41. The number of nitrogens with one attached hydrogen (secondary N) is 1. The topological polar surface area (TPSA) is 56.3 Å². The van der Waals surface area contributed by atoms with Crippen LogP contribution in [0, 0.1) is 0 Å². The fraction of sp³-hybridized carbons (Fsp3) is 0.467. The van der Waals surface area contributed by atoms with Gasteiger partial charge in [-0.3, -0.25) is 0 Å². The summed E-state index contributed by atoms with van der Waals surface area (Å²) in [6.07, 6.45) is 0.903. The highest BCUT2D eigenvalue weighted by molar-refractivity contribution is 7.14. The van der Waals surface area contributed by atoms with Gasteiger partial charge in [0, 0.05) is 24.6 Å². The van der Waals surface area contributed by atoms with Crippen molar-refractivity contribution >= 4 is 11.3 Å². The molecule has 3 rings (SSSR count). The average molecular weight is 305 g/mol. The Morgan fingerprint density at radius 1 is 1.19 bits per heavy atom. The molecule has 6 heteroatoms. The Bertz CT molecular complexity index is 613. The molecule has 0 saturated heterocycles. The average Bonchev–Trinajstić information content (AvgIpc) is 2.95. The molecule has 0 unspecified atom stereocenters. The van der Waals surface area contributed by atoms with Crippen LogP contribution in [0.25, 0.3) is 10.6 Å². The van der Waals surface area contributed by atoms with Crippen molar-refractivity contribution in [2.75, 3.05) is 19.8 Å². The van der Waals surface area contributed by atoms with Crippen LogP contribution in [-0.4, -0.2) is 36.0 Å². The Morgan fingerprint density at radius 3 is 2.81 bits per heavy atom. The Labute approximate surface area is 128 Å². The summed E-state index contributed by atoms with van der Waals surface area (Å²) in [5.74, 6) is 1.59. The lowest BCUT2D eigenvalue weighted by molar-refractivity contribution is 0.171.